The maximum atomic E-state index is 13.0. The highest BCUT2D eigenvalue weighted by atomic mass is 35.5. The number of carbonyl (C=O) groups is 1. The Hall–Kier alpha value is -2.05. The Balaban J connectivity index is 0.00000261. The van der Waals surface area contributed by atoms with Crippen LogP contribution in [0.3, 0.4) is 0 Å². The molecule has 146 valence electrons. The van der Waals surface area contributed by atoms with Crippen molar-refractivity contribution in [2.45, 2.75) is 19.5 Å². The van der Waals surface area contributed by atoms with Crippen LogP contribution in [0, 0.1) is 5.41 Å². The van der Waals surface area contributed by atoms with Crippen molar-refractivity contribution in [1.29, 1.82) is 0 Å². The predicted octanol–water partition coefficient (Wildman–Crippen LogP) is 4.61. The van der Waals surface area contributed by atoms with Crippen molar-refractivity contribution < 1.29 is 18.0 Å². The molecule has 1 aliphatic rings. The molecule has 3 rings (SSSR count). The van der Waals surface area contributed by atoms with Gasteiger partial charge in [-0.15, -0.1) is 12.4 Å². The number of rotatable bonds is 3. The molecule has 0 saturated carbocycles. The highest BCUT2D eigenvalue weighted by molar-refractivity contribution is 6.01. The first-order chi connectivity index (χ1) is 12.2. The number of hydrogen-bond donors (Lipinski definition) is 1. The van der Waals surface area contributed by atoms with Crippen LogP contribution in [0.5, 0.6) is 0 Å². The molecule has 1 amide bonds. The summed E-state index contributed by atoms with van der Waals surface area (Å²) < 4.78 is 38.3. The molecule has 2 aromatic rings. The van der Waals surface area contributed by atoms with Gasteiger partial charge in [0.1, 0.15) is 0 Å². The van der Waals surface area contributed by atoms with E-state index in [9.17, 15) is 18.0 Å². The number of halogens is 4. The molecular weight excluding hydrogens is 377 g/mol. The molecule has 0 radical (unpaired) electrons. The van der Waals surface area contributed by atoms with Crippen LogP contribution in [0.4, 0.5) is 13.2 Å². The average Bonchev–Trinajstić information content (AvgIpc) is 3.03. The summed E-state index contributed by atoms with van der Waals surface area (Å²) in [6, 6.07) is 11.9. The highest BCUT2D eigenvalue weighted by Gasteiger charge is 2.36. The fourth-order valence-corrected chi connectivity index (χ4v) is 3.29. The molecule has 1 unspecified atom stereocenters. The van der Waals surface area contributed by atoms with Gasteiger partial charge < -0.3 is 10.6 Å². The molecule has 0 aromatic heterocycles. The lowest BCUT2D eigenvalue weighted by Crippen LogP contribution is -2.34. The second-order valence-electron chi connectivity index (χ2n) is 7.11. The molecule has 0 bridgehead atoms. The number of benzene rings is 2. The lowest BCUT2D eigenvalue weighted by molar-refractivity contribution is -0.137. The molecule has 3 nitrogen and oxygen atoms in total. The van der Waals surface area contributed by atoms with E-state index in [1.807, 2.05) is 0 Å². The zero-order valence-electron chi connectivity index (χ0n) is 14.9. The minimum absolute atomic E-state index is 0. The summed E-state index contributed by atoms with van der Waals surface area (Å²) in [5.74, 6) is -0.113. The number of nitrogens with two attached hydrogens (primary N) is 1. The molecule has 1 saturated heterocycles. The molecule has 1 aliphatic heterocycles. The Kier molecular flexibility index (Phi) is 6.22. The van der Waals surface area contributed by atoms with E-state index >= 15 is 0 Å². The number of hydrogen-bond acceptors (Lipinski definition) is 2. The molecule has 0 spiro atoms. The summed E-state index contributed by atoms with van der Waals surface area (Å²) in [5, 5.41) is 0. The van der Waals surface area contributed by atoms with Crippen molar-refractivity contribution in [3.8, 4) is 11.1 Å². The number of likely N-dealkylation sites (tertiary alicyclic amines) is 1. The fraction of sp³-hybridized carbons (Fsp3) is 0.350. The maximum Gasteiger partial charge on any atom is 0.416 e. The maximum absolute atomic E-state index is 13.0. The average molecular weight is 399 g/mol. The summed E-state index contributed by atoms with van der Waals surface area (Å²) in [5.41, 5.74) is 6.73. The quantitative estimate of drug-likeness (QED) is 0.821. The molecule has 27 heavy (non-hydrogen) atoms. The first-order valence-electron chi connectivity index (χ1n) is 8.49. The summed E-state index contributed by atoms with van der Waals surface area (Å²) in [6.45, 7) is 3.79. The van der Waals surface area contributed by atoms with Gasteiger partial charge in [-0.3, -0.25) is 4.79 Å². The molecule has 2 N–H and O–H groups in total. The summed E-state index contributed by atoms with van der Waals surface area (Å²) in [4.78, 5) is 14.7. The van der Waals surface area contributed by atoms with Crippen LogP contribution >= 0.6 is 12.4 Å². The van der Waals surface area contributed by atoms with Crippen LogP contribution in [-0.2, 0) is 6.18 Å². The van der Waals surface area contributed by atoms with Crippen LogP contribution in [0.2, 0.25) is 0 Å². The first-order valence-corrected chi connectivity index (χ1v) is 8.49. The Morgan fingerprint density at radius 2 is 1.78 bits per heavy atom. The van der Waals surface area contributed by atoms with Crippen molar-refractivity contribution in [3.05, 3.63) is 59.7 Å². The Morgan fingerprint density at radius 3 is 2.33 bits per heavy atom. The van der Waals surface area contributed by atoms with Gasteiger partial charge in [0.15, 0.2) is 0 Å². The van der Waals surface area contributed by atoms with Crippen molar-refractivity contribution in [3.63, 3.8) is 0 Å². The smallest absolute Gasteiger partial charge is 0.338 e. The van der Waals surface area contributed by atoms with Crippen molar-refractivity contribution in [1.82, 2.24) is 4.90 Å². The third-order valence-electron chi connectivity index (χ3n) is 5.02. The van der Waals surface area contributed by atoms with Gasteiger partial charge in [-0.1, -0.05) is 37.3 Å². The van der Waals surface area contributed by atoms with Crippen molar-refractivity contribution in [2.75, 3.05) is 19.6 Å². The van der Waals surface area contributed by atoms with Gasteiger partial charge in [-0.2, -0.15) is 13.2 Å². The lowest BCUT2D eigenvalue weighted by atomic mass is 9.90. The minimum atomic E-state index is -4.38. The minimum Gasteiger partial charge on any atom is -0.338 e. The zero-order valence-corrected chi connectivity index (χ0v) is 15.7. The summed E-state index contributed by atoms with van der Waals surface area (Å²) >= 11 is 0. The summed E-state index contributed by atoms with van der Waals surface area (Å²) in [6.07, 6.45) is -3.53. The Morgan fingerprint density at radius 1 is 1.15 bits per heavy atom. The van der Waals surface area contributed by atoms with E-state index in [-0.39, 0.29) is 23.7 Å². The largest absolute Gasteiger partial charge is 0.416 e. The number of amides is 1. The van der Waals surface area contributed by atoms with E-state index in [0.717, 1.165) is 18.6 Å². The predicted molar refractivity (Wildman–Crippen MR) is 102 cm³/mol. The SMILES string of the molecule is CC1(CN)CCN(C(=O)c2ccccc2-c2ccc(C(F)(F)F)cc2)C1.Cl. The number of nitrogens with zero attached hydrogens (tertiary/aromatic N) is 1. The number of alkyl halides is 3. The van der Waals surface area contributed by atoms with Gasteiger partial charge in [0, 0.05) is 18.7 Å². The van der Waals surface area contributed by atoms with E-state index < -0.39 is 11.7 Å². The fourth-order valence-electron chi connectivity index (χ4n) is 3.29. The normalized spacial score (nSPS) is 19.7. The van der Waals surface area contributed by atoms with E-state index in [1.165, 1.54) is 12.1 Å². The van der Waals surface area contributed by atoms with Gasteiger partial charge >= 0.3 is 6.18 Å². The van der Waals surface area contributed by atoms with Crippen LogP contribution in [0.25, 0.3) is 11.1 Å². The molecule has 1 heterocycles. The van der Waals surface area contributed by atoms with Crippen LogP contribution < -0.4 is 5.73 Å². The molecule has 7 heteroatoms. The van der Waals surface area contributed by atoms with Gasteiger partial charge in [-0.05, 0) is 47.7 Å². The Bertz CT molecular complexity index is 808. The van der Waals surface area contributed by atoms with Crippen molar-refractivity contribution in [2.24, 2.45) is 11.1 Å². The van der Waals surface area contributed by atoms with Gasteiger partial charge in [-0.25, -0.2) is 0 Å². The molecule has 2 aromatic carbocycles. The van der Waals surface area contributed by atoms with E-state index in [2.05, 4.69) is 6.92 Å². The highest BCUT2D eigenvalue weighted by Crippen LogP contribution is 2.34. The van der Waals surface area contributed by atoms with Crippen molar-refractivity contribution >= 4 is 18.3 Å². The van der Waals surface area contributed by atoms with Crippen LogP contribution in [-0.4, -0.2) is 30.4 Å². The lowest BCUT2D eigenvalue weighted by Gasteiger charge is -2.23. The third-order valence-corrected chi connectivity index (χ3v) is 5.02. The molecule has 0 aliphatic carbocycles. The van der Waals surface area contributed by atoms with Crippen LogP contribution in [0.15, 0.2) is 48.5 Å². The van der Waals surface area contributed by atoms with Gasteiger partial charge in [0.05, 0.1) is 5.56 Å². The Labute approximate surface area is 162 Å². The second-order valence-corrected chi connectivity index (χ2v) is 7.11. The van der Waals surface area contributed by atoms with Gasteiger partial charge in [0.25, 0.3) is 5.91 Å². The molecule has 1 fully saturated rings. The van der Waals surface area contributed by atoms with E-state index in [1.54, 1.807) is 29.2 Å². The van der Waals surface area contributed by atoms with Gasteiger partial charge in [0.2, 0.25) is 0 Å². The summed E-state index contributed by atoms with van der Waals surface area (Å²) in [7, 11) is 0. The number of carbonyl (C=O) groups excluding carboxylic acids is 1. The first kappa shape index (κ1) is 21.3. The standard InChI is InChI=1S/C20H21F3N2O.ClH/c1-19(12-24)10-11-25(13-19)18(26)17-5-3-2-4-16(17)14-6-8-15(9-7-14)20(21,22)23;/h2-9H,10-13,24H2,1H3;1H. The van der Waals surface area contributed by atoms with E-state index in [0.29, 0.717) is 36.3 Å². The topological polar surface area (TPSA) is 46.3 Å². The molecular formula is C20H22ClF3N2O. The second kappa shape index (κ2) is 7.90. The zero-order chi connectivity index (χ0) is 18.9. The van der Waals surface area contributed by atoms with Crippen LogP contribution in [0.1, 0.15) is 29.3 Å². The monoisotopic (exact) mass is 398 g/mol. The molecule has 1 atom stereocenters. The third kappa shape index (κ3) is 4.45. The van der Waals surface area contributed by atoms with E-state index in [4.69, 9.17) is 5.73 Å².